The molecule has 0 unspecified atom stereocenters. The Morgan fingerprint density at radius 3 is 2.62 bits per heavy atom. The Balaban J connectivity index is 2.84. The van der Waals surface area contributed by atoms with E-state index in [0.717, 1.165) is 6.07 Å². The summed E-state index contributed by atoms with van der Waals surface area (Å²) < 4.78 is 4.82. The van der Waals surface area contributed by atoms with E-state index in [4.69, 9.17) is 14.8 Å². The van der Waals surface area contributed by atoms with E-state index in [9.17, 15) is 9.90 Å². The topological polar surface area (TPSA) is 97.0 Å². The minimum atomic E-state index is -0.647. The fourth-order valence-corrected chi connectivity index (χ4v) is 1.49. The van der Waals surface area contributed by atoms with Crippen molar-refractivity contribution in [2.24, 2.45) is 0 Å². The van der Waals surface area contributed by atoms with Crippen molar-refractivity contribution in [2.75, 3.05) is 5.23 Å². The van der Waals surface area contributed by atoms with E-state index in [1.54, 1.807) is 6.92 Å². The summed E-state index contributed by atoms with van der Waals surface area (Å²) in [7, 11) is 0. The maximum atomic E-state index is 11.4. The van der Waals surface area contributed by atoms with Crippen molar-refractivity contribution in [1.29, 1.82) is 0 Å². The van der Waals surface area contributed by atoms with E-state index in [2.05, 4.69) is 0 Å². The first-order valence-corrected chi connectivity index (χ1v) is 4.42. The highest BCUT2D eigenvalue weighted by Crippen LogP contribution is 2.29. The van der Waals surface area contributed by atoms with Crippen molar-refractivity contribution in [3.63, 3.8) is 0 Å². The first-order valence-electron chi connectivity index (χ1n) is 4.42. The van der Waals surface area contributed by atoms with Crippen LogP contribution in [-0.4, -0.2) is 10.4 Å². The van der Waals surface area contributed by atoms with E-state index in [0.29, 0.717) is 10.9 Å². The molecule has 0 radical (unpaired) electrons. The van der Waals surface area contributed by atoms with E-state index in [1.165, 1.54) is 12.1 Å². The quantitative estimate of drug-likeness (QED) is 0.546. The molecule has 1 aromatic carbocycles. The zero-order chi connectivity index (χ0) is 11.9. The number of anilines is 1. The molecule has 1 heterocycles. The second-order valence-electron chi connectivity index (χ2n) is 3.35. The minimum absolute atomic E-state index is 0.126. The minimum Gasteiger partial charge on any atom is -0.871 e. The molecule has 0 amide bonds. The first-order chi connectivity index (χ1) is 7.49. The number of fused-ring (bicyclic) bond motifs is 1. The van der Waals surface area contributed by atoms with Gasteiger partial charge in [0.05, 0.1) is 5.69 Å². The average Bonchev–Trinajstić information content (AvgIpc) is 2.15. The molecule has 0 spiro atoms. The van der Waals surface area contributed by atoms with Gasteiger partial charge in [0.1, 0.15) is 5.58 Å². The zero-order valence-electron chi connectivity index (χ0n) is 8.30. The summed E-state index contributed by atoms with van der Waals surface area (Å²) in [6.45, 7) is 1.66. The highest BCUT2D eigenvalue weighted by molar-refractivity contribution is 5.86. The molecule has 0 saturated carbocycles. The fraction of sp³-hybridized carbons (Fsp3) is 0.100. The molecule has 0 aliphatic rings. The van der Waals surface area contributed by atoms with Crippen LogP contribution in [0.15, 0.2) is 27.4 Å². The van der Waals surface area contributed by atoms with Gasteiger partial charge in [-0.1, -0.05) is 5.75 Å². The molecule has 2 rings (SSSR count). The average molecular weight is 222 g/mol. The van der Waals surface area contributed by atoms with Crippen LogP contribution in [0.4, 0.5) is 5.69 Å². The summed E-state index contributed by atoms with van der Waals surface area (Å²) in [5, 5.41) is 29.2. The van der Waals surface area contributed by atoms with Gasteiger partial charge in [-0.15, -0.1) is 5.23 Å². The number of nitrogens with zero attached hydrogens (tertiary/aromatic N) is 1. The van der Waals surface area contributed by atoms with Gasteiger partial charge in [0.2, 0.25) is 0 Å². The van der Waals surface area contributed by atoms with Crippen molar-refractivity contribution < 1.29 is 19.9 Å². The van der Waals surface area contributed by atoms with Crippen molar-refractivity contribution in [3.8, 4) is 5.75 Å². The molecule has 0 aliphatic carbocycles. The van der Waals surface area contributed by atoms with Crippen LogP contribution < -0.4 is 16.0 Å². The molecule has 2 aromatic rings. The number of hydrogen-bond donors (Lipinski definition) is 2. The van der Waals surface area contributed by atoms with Gasteiger partial charge < -0.3 is 9.52 Å². The maximum absolute atomic E-state index is 11.4. The third-order valence-corrected chi connectivity index (χ3v) is 2.25. The lowest BCUT2D eigenvalue weighted by Crippen LogP contribution is -2.13. The van der Waals surface area contributed by atoms with Gasteiger partial charge in [-0.25, -0.2) is 4.79 Å². The van der Waals surface area contributed by atoms with Crippen LogP contribution in [0, 0.1) is 6.92 Å². The number of aryl methyl sites for hydroxylation is 1. The normalized spacial score (nSPS) is 10.7. The monoisotopic (exact) mass is 222 g/mol. The summed E-state index contributed by atoms with van der Waals surface area (Å²) in [6.07, 6.45) is 0. The molecule has 0 aliphatic heterocycles. The van der Waals surface area contributed by atoms with E-state index in [1.807, 2.05) is 0 Å². The van der Waals surface area contributed by atoms with E-state index < -0.39 is 11.4 Å². The Morgan fingerprint density at radius 1 is 1.31 bits per heavy atom. The molecule has 6 heteroatoms. The Hall–Kier alpha value is -2.05. The smallest absolute Gasteiger partial charge is 0.336 e. The van der Waals surface area contributed by atoms with Crippen molar-refractivity contribution in [3.05, 3.63) is 34.2 Å². The van der Waals surface area contributed by atoms with Crippen LogP contribution in [0.5, 0.6) is 5.75 Å². The largest absolute Gasteiger partial charge is 0.871 e. The van der Waals surface area contributed by atoms with Crippen LogP contribution in [0.2, 0.25) is 0 Å². The van der Waals surface area contributed by atoms with Crippen LogP contribution in [0.25, 0.3) is 11.0 Å². The Morgan fingerprint density at radius 2 is 2.00 bits per heavy atom. The highest BCUT2D eigenvalue weighted by atomic mass is 16.8. The summed E-state index contributed by atoms with van der Waals surface area (Å²) in [6, 6.07) is 3.55. The molecule has 0 bridgehead atoms. The van der Waals surface area contributed by atoms with Crippen LogP contribution in [-0.2, 0) is 0 Å². The predicted molar refractivity (Wildman–Crippen MR) is 52.7 cm³/mol. The highest BCUT2D eigenvalue weighted by Gasteiger charge is 2.07. The molecule has 6 nitrogen and oxygen atoms in total. The maximum Gasteiger partial charge on any atom is 0.336 e. The van der Waals surface area contributed by atoms with Crippen molar-refractivity contribution in [2.45, 2.75) is 6.92 Å². The van der Waals surface area contributed by atoms with Gasteiger partial charge in [-0.2, -0.15) is 0 Å². The third kappa shape index (κ3) is 1.60. The number of hydrogen-bond acceptors (Lipinski definition) is 6. The molecule has 84 valence electrons. The van der Waals surface area contributed by atoms with Gasteiger partial charge in [0.25, 0.3) is 0 Å². The van der Waals surface area contributed by atoms with E-state index in [-0.39, 0.29) is 16.5 Å². The Kier molecular flexibility index (Phi) is 2.30. The van der Waals surface area contributed by atoms with Gasteiger partial charge in [0.15, 0.2) is 0 Å². The van der Waals surface area contributed by atoms with E-state index >= 15 is 0 Å². The third-order valence-electron chi connectivity index (χ3n) is 2.25. The second kappa shape index (κ2) is 3.51. The van der Waals surface area contributed by atoms with Gasteiger partial charge >= 0.3 is 5.63 Å². The van der Waals surface area contributed by atoms with Gasteiger partial charge in [-0.05, 0) is 24.6 Å². The number of benzene rings is 1. The summed E-state index contributed by atoms with van der Waals surface area (Å²) in [4.78, 5) is 11.1. The Labute approximate surface area is 89.5 Å². The lowest BCUT2D eigenvalue weighted by atomic mass is 10.1. The molecule has 0 atom stereocenters. The molecule has 0 fully saturated rings. The lowest BCUT2D eigenvalue weighted by Gasteiger charge is -2.17. The SMILES string of the molecule is Cc1cc(=O)oc2cc([O-])c(N(O)O)cc12. The number of rotatable bonds is 1. The van der Waals surface area contributed by atoms with Gasteiger partial charge in [-0.3, -0.25) is 10.4 Å². The lowest BCUT2D eigenvalue weighted by molar-refractivity contribution is -0.268. The van der Waals surface area contributed by atoms with Crippen molar-refractivity contribution in [1.82, 2.24) is 0 Å². The standard InChI is InChI=1S/C10H9NO5/c1-5-2-10(13)16-9-4-8(12)7(11(14)15)3-6(5)9/h2-4,12,14-15H,1H3/p-1. The molecule has 16 heavy (non-hydrogen) atoms. The summed E-state index contributed by atoms with van der Waals surface area (Å²) in [5.41, 5.74) is -0.138. The Bertz CT molecular complexity index is 602. The second-order valence-corrected chi connectivity index (χ2v) is 3.35. The molecular formula is C10H8NO5-. The predicted octanol–water partition coefficient (Wildman–Crippen LogP) is 0.760. The molecular weight excluding hydrogens is 214 g/mol. The van der Waals surface area contributed by atoms with Crippen LogP contribution >= 0.6 is 0 Å². The molecule has 1 aromatic heterocycles. The van der Waals surface area contributed by atoms with Crippen LogP contribution in [0.1, 0.15) is 5.56 Å². The van der Waals surface area contributed by atoms with Crippen molar-refractivity contribution >= 4 is 16.7 Å². The zero-order valence-corrected chi connectivity index (χ0v) is 8.30. The van der Waals surface area contributed by atoms with Gasteiger partial charge in [0, 0.05) is 11.5 Å². The molecule has 0 saturated heterocycles. The summed E-state index contributed by atoms with van der Waals surface area (Å²) >= 11 is 0. The van der Waals surface area contributed by atoms with Crippen LogP contribution in [0.3, 0.4) is 0 Å². The fourth-order valence-electron chi connectivity index (χ4n) is 1.49. The summed E-state index contributed by atoms with van der Waals surface area (Å²) in [5.74, 6) is -0.647. The molecule has 2 N–H and O–H groups in total. The first kappa shape index (κ1) is 10.5.